The van der Waals surface area contributed by atoms with Crippen molar-refractivity contribution in [2.75, 3.05) is 6.61 Å². The average Bonchev–Trinajstić information content (AvgIpc) is 2.72. The Balaban J connectivity index is 2.59. The molecule has 0 spiro atoms. The van der Waals surface area contributed by atoms with Crippen LogP contribution in [0.5, 0.6) is 5.75 Å². The van der Waals surface area contributed by atoms with Gasteiger partial charge in [0, 0.05) is 0 Å². The monoisotopic (exact) mass is 251 g/mol. The van der Waals surface area contributed by atoms with Crippen LogP contribution in [0.3, 0.4) is 0 Å². The highest BCUT2D eigenvalue weighted by atomic mass is 32.1. The van der Waals surface area contributed by atoms with Crippen molar-refractivity contribution < 1.29 is 9.84 Å². The molecule has 0 aliphatic rings. The van der Waals surface area contributed by atoms with Crippen LogP contribution in [0.4, 0.5) is 0 Å². The minimum atomic E-state index is -0.187. The molecule has 1 heterocycles. The molecule has 1 aromatic carbocycles. The van der Waals surface area contributed by atoms with Gasteiger partial charge in [-0.1, -0.05) is 12.1 Å². The predicted molar refractivity (Wildman–Crippen MR) is 65.8 cm³/mol. The lowest BCUT2D eigenvalue weighted by molar-refractivity contribution is 0.268. The first kappa shape index (κ1) is 11.8. The molecular formula is C11H13N3O2S. The lowest BCUT2D eigenvalue weighted by atomic mass is 10.3. The van der Waals surface area contributed by atoms with Crippen molar-refractivity contribution in [3.8, 4) is 11.4 Å². The highest BCUT2D eigenvalue weighted by molar-refractivity contribution is 7.71. The minimum Gasteiger partial charge on any atom is -0.492 e. The SMILES string of the molecule is CCOc1ccccc1-n1c(CO)n[nH]c1=S. The highest BCUT2D eigenvalue weighted by Gasteiger charge is 2.11. The van der Waals surface area contributed by atoms with Gasteiger partial charge in [0.2, 0.25) is 0 Å². The van der Waals surface area contributed by atoms with E-state index in [2.05, 4.69) is 10.2 Å². The molecular weight excluding hydrogens is 238 g/mol. The number of para-hydroxylation sites is 2. The van der Waals surface area contributed by atoms with Crippen molar-refractivity contribution in [2.24, 2.45) is 0 Å². The van der Waals surface area contributed by atoms with Gasteiger partial charge in [0.15, 0.2) is 10.6 Å². The molecule has 0 saturated carbocycles. The van der Waals surface area contributed by atoms with Gasteiger partial charge in [-0.2, -0.15) is 5.10 Å². The number of nitrogens with zero attached hydrogens (tertiary/aromatic N) is 2. The average molecular weight is 251 g/mol. The number of hydrogen-bond donors (Lipinski definition) is 2. The van der Waals surface area contributed by atoms with Crippen molar-refractivity contribution in [3.63, 3.8) is 0 Å². The fraction of sp³-hybridized carbons (Fsp3) is 0.273. The van der Waals surface area contributed by atoms with Crippen molar-refractivity contribution >= 4 is 12.2 Å². The van der Waals surface area contributed by atoms with Crippen LogP contribution in [0, 0.1) is 4.77 Å². The van der Waals surface area contributed by atoms with Crippen LogP contribution in [0.25, 0.3) is 5.69 Å². The van der Waals surface area contributed by atoms with E-state index < -0.39 is 0 Å². The molecule has 0 unspecified atom stereocenters. The molecule has 0 fully saturated rings. The quantitative estimate of drug-likeness (QED) is 0.814. The lowest BCUT2D eigenvalue weighted by Gasteiger charge is -2.11. The predicted octanol–water partition coefficient (Wildman–Crippen LogP) is 1.82. The van der Waals surface area contributed by atoms with E-state index in [1.165, 1.54) is 0 Å². The molecule has 0 atom stereocenters. The summed E-state index contributed by atoms with van der Waals surface area (Å²) in [4.78, 5) is 0. The largest absolute Gasteiger partial charge is 0.492 e. The Kier molecular flexibility index (Phi) is 3.55. The van der Waals surface area contributed by atoms with E-state index in [1.807, 2.05) is 31.2 Å². The van der Waals surface area contributed by atoms with Crippen LogP contribution in [0.15, 0.2) is 24.3 Å². The molecule has 2 N–H and O–H groups in total. The number of aromatic amines is 1. The number of rotatable bonds is 4. The summed E-state index contributed by atoms with van der Waals surface area (Å²) >= 11 is 5.14. The maximum Gasteiger partial charge on any atom is 0.200 e. The Labute approximate surface area is 104 Å². The molecule has 2 aromatic rings. The number of hydrogen-bond acceptors (Lipinski definition) is 4. The van der Waals surface area contributed by atoms with Gasteiger partial charge in [0.1, 0.15) is 12.4 Å². The van der Waals surface area contributed by atoms with Gasteiger partial charge in [0.05, 0.1) is 12.3 Å². The summed E-state index contributed by atoms with van der Waals surface area (Å²) < 4.78 is 7.62. The zero-order chi connectivity index (χ0) is 12.3. The van der Waals surface area contributed by atoms with E-state index >= 15 is 0 Å². The van der Waals surface area contributed by atoms with Crippen molar-refractivity contribution in [2.45, 2.75) is 13.5 Å². The van der Waals surface area contributed by atoms with Gasteiger partial charge in [-0.25, -0.2) is 0 Å². The number of ether oxygens (including phenoxy) is 1. The normalized spacial score (nSPS) is 10.5. The number of aliphatic hydroxyl groups excluding tert-OH is 1. The van der Waals surface area contributed by atoms with Crippen molar-refractivity contribution in [1.29, 1.82) is 0 Å². The summed E-state index contributed by atoms with van der Waals surface area (Å²) in [5.74, 6) is 1.17. The van der Waals surface area contributed by atoms with Crippen LogP contribution in [0.1, 0.15) is 12.7 Å². The van der Waals surface area contributed by atoms with Crippen LogP contribution >= 0.6 is 12.2 Å². The van der Waals surface area contributed by atoms with Crippen molar-refractivity contribution in [3.05, 3.63) is 34.9 Å². The van der Waals surface area contributed by atoms with E-state index in [-0.39, 0.29) is 6.61 Å². The second-order valence-electron chi connectivity index (χ2n) is 3.34. The zero-order valence-corrected chi connectivity index (χ0v) is 10.2. The highest BCUT2D eigenvalue weighted by Crippen LogP contribution is 2.23. The van der Waals surface area contributed by atoms with Gasteiger partial charge in [-0.05, 0) is 31.3 Å². The molecule has 0 radical (unpaired) electrons. The third-order valence-corrected chi connectivity index (χ3v) is 2.56. The molecule has 0 aliphatic heterocycles. The van der Waals surface area contributed by atoms with E-state index in [0.29, 0.717) is 23.0 Å². The molecule has 0 aliphatic carbocycles. The van der Waals surface area contributed by atoms with Gasteiger partial charge < -0.3 is 9.84 Å². The maximum absolute atomic E-state index is 9.22. The van der Waals surface area contributed by atoms with E-state index in [4.69, 9.17) is 17.0 Å². The van der Waals surface area contributed by atoms with Gasteiger partial charge in [-0.15, -0.1) is 0 Å². The van der Waals surface area contributed by atoms with Crippen LogP contribution in [0.2, 0.25) is 0 Å². The van der Waals surface area contributed by atoms with Gasteiger partial charge in [-0.3, -0.25) is 9.67 Å². The molecule has 6 heteroatoms. The number of aromatic nitrogens is 3. The minimum absolute atomic E-state index is 0.187. The van der Waals surface area contributed by atoms with E-state index in [0.717, 1.165) is 5.69 Å². The molecule has 1 aromatic heterocycles. The summed E-state index contributed by atoms with van der Waals surface area (Å²) in [5.41, 5.74) is 0.775. The molecule has 0 saturated heterocycles. The summed E-state index contributed by atoms with van der Waals surface area (Å²) in [6.07, 6.45) is 0. The Morgan fingerprint density at radius 3 is 2.94 bits per heavy atom. The summed E-state index contributed by atoms with van der Waals surface area (Å²) in [6.45, 7) is 2.29. The first-order chi connectivity index (χ1) is 8.27. The third kappa shape index (κ3) is 2.22. The number of aliphatic hydroxyl groups is 1. The first-order valence-electron chi connectivity index (χ1n) is 5.27. The Morgan fingerprint density at radius 1 is 1.47 bits per heavy atom. The summed E-state index contributed by atoms with van der Waals surface area (Å²) in [7, 11) is 0. The second-order valence-corrected chi connectivity index (χ2v) is 3.73. The number of nitrogens with one attached hydrogen (secondary N) is 1. The van der Waals surface area contributed by atoms with Gasteiger partial charge >= 0.3 is 0 Å². The zero-order valence-electron chi connectivity index (χ0n) is 9.38. The molecule has 17 heavy (non-hydrogen) atoms. The van der Waals surface area contributed by atoms with E-state index in [9.17, 15) is 5.11 Å². The number of H-pyrrole nitrogens is 1. The Morgan fingerprint density at radius 2 is 2.24 bits per heavy atom. The summed E-state index contributed by atoms with van der Waals surface area (Å²) in [6, 6.07) is 7.49. The van der Waals surface area contributed by atoms with Crippen molar-refractivity contribution in [1.82, 2.24) is 14.8 Å². The fourth-order valence-electron chi connectivity index (χ4n) is 1.60. The third-order valence-electron chi connectivity index (χ3n) is 2.29. The molecule has 5 nitrogen and oxygen atoms in total. The topological polar surface area (TPSA) is 63.1 Å². The number of benzene rings is 1. The molecule has 0 bridgehead atoms. The smallest absolute Gasteiger partial charge is 0.200 e. The summed E-state index contributed by atoms with van der Waals surface area (Å²) in [5, 5.41) is 15.8. The second kappa shape index (κ2) is 5.11. The molecule has 90 valence electrons. The van der Waals surface area contributed by atoms with Gasteiger partial charge in [0.25, 0.3) is 0 Å². The lowest BCUT2D eigenvalue weighted by Crippen LogP contribution is -2.04. The maximum atomic E-state index is 9.22. The Bertz CT molecular complexity index is 562. The van der Waals surface area contributed by atoms with E-state index in [1.54, 1.807) is 4.57 Å². The molecule has 0 amide bonds. The molecule has 2 rings (SSSR count). The standard InChI is InChI=1S/C11H13N3O2S/c1-2-16-9-6-4-3-5-8(9)14-10(7-15)12-13-11(14)17/h3-6,15H,2,7H2,1H3,(H,13,17). The van der Waals surface area contributed by atoms with Crippen LogP contribution in [-0.4, -0.2) is 26.5 Å². The fourth-order valence-corrected chi connectivity index (χ4v) is 1.85. The Hall–Kier alpha value is -1.66. The van der Waals surface area contributed by atoms with Crippen LogP contribution in [-0.2, 0) is 6.61 Å². The first-order valence-corrected chi connectivity index (χ1v) is 5.68. The van der Waals surface area contributed by atoms with Crippen LogP contribution < -0.4 is 4.74 Å².